The molecule has 6 nitrogen and oxygen atoms in total. The van der Waals surface area contributed by atoms with E-state index in [2.05, 4.69) is 118 Å². The third-order valence-electron chi connectivity index (χ3n) is 14.6. The van der Waals surface area contributed by atoms with Crippen molar-refractivity contribution in [3.05, 3.63) is 97.2 Å². The summed E-state index contributed by atoms with van der Waals surface area (Å²) in [5.74, 6) is -0.868. The van der Waals surface area contributed by atoms with Gasteiger partial charge in [-0.25, -0.2) is 0 Å². The van der Waals surface area contributed by atoms with Crippen LogP contribution in [-0.2, 0) is 28.6 Å². The molecule has 0 aromatic heterocycles. The van der Waals surface area contributed by atoms with Crippen LogP contribution in [0.5, 0.6) is 0 Å². The van der Waals surface area contributed by atoms with E-state index in [9.17, 15) is 14.4 Å². The van der Waals surface area contributed by atoms with Crippen LogP contribution >= 0.6 is 0 Å². The molecular formula is C73H126O6. The second-order valence-corrected chi connectivity index (χ2v) is 22.4. The zero-order valence-electron chi connectivity index (χ0n) is 52.1. The Balaban J connectivity index is 4.23. The van der Waals surface area contributed by atoms with Crippen molar-refractivity contribution < 1.29 is 28.6 Å². The molecule has 0 aromatic rings. The first-order valence-electron chi connectivity index (χ1n) is 33.7. The van der Waals surface area contributed by atoms with Crippen LogP contribution < -0.4 is 0 Å². The second-order valence-electron chi connectivity index (χ2n) is 22.4. The number of hydrogen-bond acceptors (Lipinski definition) is 6. The lowest BCUT2D eigenvalue weighted by molar-refractivity contribution is -0.167. The minimum Gasteiger partial charge on any atom is -0.462 e. The van der Waals surface area contributed by atoms with E-state index >= 15 is 0 Å². The van der Waals surface area contributed by atoms with Gasteiger partial charge < -0.3 is 14.2 Å². The smallest absolute Gasteiger partial charge is 0.306 e. The van der Waals surface area contributed by atoms with Gasteiger partial charge in [-0.1, -0.05) is 323 Å². The molecule has 0 aromatic carbocycles. The van der Waals surface area contributed by atoms with Crippen molar-refractivity contribution in [1.82, 2.24) is 0 Å². The fourth-order valence-corrected chi connectivity index (χ4v) is 9.58. The van der Waals surface area contributed by atoms with E-state index in [1.807, 2.05) is 0 Å². The Morgan fingerprint density at radius 3 is 0.772 bits per heavy atom. The van der Waals surface area contributed by atoms with Crippen molar-refractivity contribution in [2.45, 2.75) is 335 Å². The predicted octanol–water partition coefficient (Wildman–Crippen LogP) is 23.2. The Kier molecular flexibility index (Phi) is 63.7. The zero-order chi connectivity index (χ0) is 57.1. The number of rotatable bonds is 61. The van der Waals surface area contributed by atoms with Crippen LogP contribution in [0.2, 0.25) is 0 Å². The minimum absolute atomic E-state index is 0.0744. The Bertz CT molecular complexity index is 1540. The Morgan fingerprint density at radius 1 is 0.266 bits per heavy atom. The van der Waals surface area contributed by atoms with E-state index in [0.717, 1.165) is 116 Å². The van der Waals surface area contributed by atoms with E-state index in [-0.39, 0.29) is 31.1 Å². The van der Waals surface area contributed by atoms with Gasteiger partial charge in [-0.2, -0.15) is 0 Å². The lowest BCUT2D eigenvalue weighted by Crippen LogP contribution is -2.30. The molecular weight excluding hydrogens is 973 g/mol. The Morgan fingerprint density at radius 2 is 0.494 bits per heavy atom. The molecule has 1 unspecified atom stereocenters. The fourth-order valence-electron chi connectivity index (χ4n) is 9.58. The molecule has 0 aliphatic carbocycles. The highest BCUT2D eigenvalue weighted by molar-refractivity contribution is 5.71. The second kappa shape index (κ2) is 66.8. The molecule has 0 saturated carbocycles. The molecule has 1 atom stereocenters. The van der Waals surface area contributed by atoms with E-state index in [0.29, 0.717) is 19.3 Å². The normalized spacial score (nSPS) is 12.7. The fraction of sp³-hybridized carbons (Fsp3) is 0.740. The van der Waals surface area contributed by atoms with Gasteiger partial charge in [0.1, 0.15) is 13.2 Å². The van der Waals surface area contributed by atoms with Gasteiger partial charge in [0.2, 0.25) is 0 Å². The van der Waals surface area contributed by atoms with E-state index < -0.39 is 6.10 Å². The van der Waals surface area contributed by atoms with Gasteiger partial charge in [0.25, 0.3) is 0 Å². The molecule has 0 saturated heterocycles. The minimum atomic E-state index is -0.777. The molecule has 0 heterocycles. The molecule has 454 valence electrons. The molecule has 0 rings (SSSR count). The largest absolute Gasteiger partial charge is 0.462 e. The number of carbonyl (C=O) groups excluding carboxylic acids is 3. The van der Waals surface area contributed by atoms with Crippen LogP contribution in [0.4, 0.5) is 0 Å². The monoisotopic (exact) mass is 1100 g/mol. The third kappa shape index (κ3) is 65.0. The maximum atomic E-state index is 12.9. The van der Waals surface area contributed by atoms with Gasteiger partial charge >= 0.3 is 17.9 Å². The lowest BCUT2D eigenvalue weighted by atomic mass is 10.0. The summed E-state index contributed by atoms with van der Waals surface area (Å²) in [5, 5.41) is 0. The van der Waals surface area contributed by atoms with Crippen molar-refractivity contribution in [3.8, 4) is 0 Å². The summed E-state index contributed by atoms with van der Waals surface area (Å²) in [7, 11) is 0. The van der Waals surface area contributed by atoms with E-state index in [4.69, 9.17) is 14.2 Å². The van der Waals surface area contributed by atoms with Gasteiger partial charge in [0.15, 0.2) is 6.10 Å². The number of esters is 3. The van der Waals surface area contributed by atoms with Crippen LogP contribution in [0.15, 0.2) is 97.2 Å². The molecule has 0 radical (unpaired) electrons. The van der Waals surface area contributed by atoms with Gasteiger partial charge in [-0.3, -0.25) is 14.4 Å². The summed E-state index contributed by atoms with van der Waals surface area (Å²) in [6.07, 6.45) is 89.9. The summed E-state index contributed by atoms with van der Waals surface area (Å²) in [5.41, 5.74) is 0. The maximum Gasteiger partial charge on any atom is 0.306 e. The van der Waals surface area contributed by atoms with Crippen LogP contribution in [0.1, 0.15) is 329 Å². The third-order valence-corrected chi connectivity index (χ3v) is 14.6. The number of allylic oxidation sites excluding steroid dienone is 16. The molecule has 0 fully saturated rings. The van der Waals surface area contributed by atoms with E-state index in [1.54, 1.807) is 0 Å². The Hall–Kier alpha value is -3.67. The lowest BCUT2D eigenvalue weighted by Gasteiger charge is -2.18. The number of carbonyl (C=O) groups is 3. The summed E-state index contributed by atoms with van der Waals surface area (Å²) in [4.78, 5) is 38.3. The van der Waals surface area contributed by atoms with Crippen molar-refractivity contribution in [1.29, 1.82) is 0 Å². The topological polar surface area (TPSA) is 78.9 Å². The first-order chi connectivity index (χ1) is 39.0. The van der Waals surface area contributed by atoms with Gasteiger partial charge in [-0.15, -0.1) is 0 Å². The summed E-state index contributed by atoms with van der Waals surface area (Å²) in [6, 6.07) is 0. The number of unbranched alkanes of at least 4 members (excludes halogenated alkanes) is 34. The van der Waals surface area contributed by atoms with Crippen LogP contribution in [-0.4, -0.2) is 37.2 Å². The number of ether oxygens (including phenoxy) is 3. The molecule has 79 heavy (non-hydrogen) atoms. The maximum absolute atomic E-state index is 12.9. The molecule has 0 spiro atoms. The van der Waals surface area contributed by atoms with Crippen LogP contribution in [0, 0.1) is 0 Å². The standard InChI is InChI=1S/C73H126O6/c1-4-7-10-13-16-19-22-25-27-29-30-31-32-33-34-35-36-37-38-39-40-41-42-43-44-45-47-48-51-54-57-60-63-66-72(75)78-69-70(68-77-71(74)65-62-59-56-53-50-24-21-18-15-12-9-6-3)79-73(76)67-64-61-58-55-52-49-46-28-26-23-20-17-14-11-8-5-2/h7,10,16,19,25,27,30-31,33-34,36-37,39-40,42-43,70H,4-6,8-9,11-15,17-18,20-24,26,28-29,32,35,38,41,44-69H2,1-3H3/b10-7-,19-16-,27-25-,31-30-,34-33-,37-36-,40-39-,43-42-. The average Bonchev–Trinajstić information content (AvgIpc) is 3.45. The molecule has 6 heteroatoms. The quantitative estimate of drug-likeness (QED) is 0.0261. The van der Waals surface area contributed by atoms with E-state index in [1.165, 1.54) is 173 Å². The highest BCUT2D eigenvalue weighted by Gasteiger charge is 2.19. The van der Waals surface area contributed by atoms with Gasteiger partial charge in [-0.05, 0) is 83.5 Å². The average molecular weight is 1100 g/mol. The summed E-state index contributed by atoms with van der Waals surface area (Å²) >= 11 is 0. The first-order valence-corrected chi connectivity index (χ1v) is 33.7. The Labute approximate surface area is 489 Å². The predicted molar refractivity (Wildman–Crippen MR) is 344 cm³/mol. The summed E-state index contributed by atoms with van der Waals surface area (Å²) in [6.45, 7) is 6.55. The summed E-state index contributed by atoms with van der Waals surface area (Å²) < 4.78 is 16.9. The first kappa shape index (κ1) is 75.3. The molecule has 0 N–H and O–H groups in total. The van der Waals surface area contributed by atoms with Crippen molar-refractivity contribution in [2.24, 2.45) is 0 Å². The SMILES string of the molecule is CC/C=C\C/C=C\C/C=C\C/C=C\C/C=C\C/C=C\C/C=C\C/C=C\CCCCCCCCCCC(=O)OCC(COC(=O)CCCCCCCCCCCCCC)OC(=O)CCCCCCCCCCCCCCCCCC. The van der Waals surface area contributed by atoms with Crippen LogP contribution in [0.25, 0.3) is 0 Å². The highest BCUT2D eigenvalue weighted by atomic mass is 16.6. The van der Waals surface area contributed by atoms with Gasteiger partial charge in [0, 0.05) is 19.3 Å². The van der Waals surface area contributed by atoms with Gasteiger partial charge in [0.05, 0.1) is 0 Å². The molecule has 0 bridgehead atoms. The molecule has 0 aliphatic rings. The molecule has 0 amide bonds. The highest BCUT2D eigenvalue weighted by Crippen LogP contribution is 2.17. The van der Waals surface area contributed by atoms with Crippen molar-refractivity contribution >= 4 is 17.9 Å². The molecule has 0 aliphatic heterocycles. The van der Waals surface area contributed by atoms with Crippen molar-refractivity contribution in [3.63, 3.8) is 0 Å². The zero-order valence-corrected chi connectivity index (χ0v) is 52.1. The number of hydrogen-bond donors (Lipinski definition) is 0. The van der Waals surface area contributed by atoms with Crippen LogP contribution in [0.3, 0.4) is 0 Å². The van der Waals surface area contributed by atoms with Crippen molar-refractivity contribution in [2.75, 3.05) is 13.2 Å².